The summed E-state index contributed by atoms with van der Waals surface area (Å²) >= 11 is 1.21. The predicted molar refractivity (Wildman–Crippen MR) is 60.7 cm³/mol. The largest absolute Gasteiger partial charge is 0.346 e. The van der Waals surface area contributed by atoms with Crippen LogP contribution in [0.2, 0.25) is 0 Å². The minimum atomic E-state index is -0.667. The van der Waals surface area contributed by atoms with Crippen LogP contribution in [0.15, 0.2) is 0 Å². The van der Waals surface area contributed by atoms with E-state index < -0.39 is 6.04 Å². The molecule has 1 N–H and O–H groups in total. The van der Waals surface area contributed by atoms with E-state index in [9.17, 15) is 14.4 Å². The van der Waals surface area contributed by atoms with Crippen LogP contribution in [0.1, 0.15) is 33.6 Å². The molecule has 0 bridgehead atoms. The lowest BCUT2D eigenvalue weighted by Crippen LogP contribution is -2.39. The Labute approximate surface area is 94.2 Å². The van der Waals surface area contributed by atoms with Crippen molar-refractivity contribution in [2.75, 3.05) is 5.75 Å². The van der Waals surface area contributed by atoms with Gasteiger partial charge in [-0.1, -0.05) is 18.7 Å². The number of nitrogens with one attached hydrogen (secondary N) is 1. The van der Waals surface area contributed by atoms with Crippen LogP contribution >= 0.6 is 11.8 Å². The zero-order valence-corrected chi connectivity index (χ0v) is 10.1. The van der Waals surface area contributed by atoms with E-state index in [-0.39, 0.29) is 23.2 Å². The molecule has 15 heavy (non-hydrogen) atoms. The molecule has 0 aliphatic carbocycles. The van der Waals surface area contributed by atoms with Gasteiger partial charge in [-0.15, -0.1) is 0 Å². The van der Waals surface area contributed by atoms with Crippen LogP contribution in [0, 0.1) is 0 Å². The Morgan fingerprint density at radius 3 is 2.27 bits per heavy atom. The number of amides is 1. The lowest BCUT2D eigenvalue weighted by molar-refractivity contribution is -0.126. The van der Waals surface area contributed by atoms with Gasteiger partial charge >= 0.3 is 0 Å². The Balaban J connectivity index is 4.10. The molecule has 0 aliphatic heterocycles. The van der Waals surface area contributed by atoms with E-state index in [1.54, 1.807) is 0 Å². The number of rotatable bonds is 6. The Kier molecular flexibility index (Phi) is 7.03. The van der Waals surface area contributed by atoms with Gasteiger partial charge in [0, 0.05) is 19.1 Å². The first-order valence-corrected chi connectivity index (χ1v) is 5.89. The molecular weight excluding hydrogens is 214 g/mol. The van der Waals surface area contributed by atoms with Gasteiger partial charge in [-0.3, -0.25) is 14.4 Å². The zero-order chi connectivity index (χ0) is 11.8. The maximum Gasteiger partial charge on any atom is 0.217 e. The maximum atomic E-state index is 11.4. The summed E-state index contributed by atoms with van der Waals surface area (Å²) in [7, 11) is 0. The van der Waals surface area contributed by atoms with Crippen LogP contribution in [0.3, 0.4) is 0 Å². The van der Waals surface area contributed by atoms with E-state index in [4.69, 9.17) is 0 Å². The Hall–Kier alpha value is -0.840. The highest BCUT2D eigenvalue weighted by molar-refractivity contribution is 8.13. The van der Waals surface area contributed by atoms with Crippen LogP contribution in [-0.4, -0.2) is 28.6 Å². The summed E-state index contributed by atoms with van der Waals surface area (Å²) in [6, 6.07) is -0.667. The second kappa shape index (κ2) is 7.45. The predicted octanol–water partition coefficient (Wildman–Crippen LogP) is 1.14. The molecule has 4 nitrogen and oxygen atoms in total. The number of Topliss-reactive ketones (excluding diaryl/α,β-unsaturated/α-hetero) is 1. The van der Waals surface area contributed by atoms with Gasteiger partial charge in [0.2, 0.25) is 5.91 Å². The van der Waals surface area contributed by atoms with Crippen molar-refractivity contribution in [3.8, 4) is 0 Å². The summed E-state index contributed by atoms with van der Waals surface area (Å²) < 4.78 is 0. The highest BCUT2D eigenvalue weighted by atomic mass is 32.2. The van der Waals surface area contributed by atoms with Crippen LogP contribution < -0.4 is 5.32 Å². The summed E-state index contributed by atoms with van der Waals surface area (Å²) in [6.07, 6.45) is 1.00. The van der Waals surface area contributed by atoms with Crippen LogP contribution in [0.5, 0.6) is 0 Å². The molecule has 1 atom stereocenters. The highest BCUT2D eigenvalue weighted by Crippen LogP contribution is 2.09. The van der Waals surface area contributed by atoms with Gasteiger partial charge in [0.15, 0.2) is 10.9 Å². The minimum Gasteiger partial charge on any atom is -0.346 e. The maximum absolute atomic E-state index is 11.4. The van der Waals surface area contributed by atoms with Crippen molar-refractivity contribution in [2.45, 2.75) is 39.7 Å². The molecule has 0 saturated heterocycles. The second-order valence-electron chi connectivity index (χ2n) is 3.29. The van der Waals surface area contributed by atoms with E-state index >= 15 is 0 Å². The van der Waals surface area contributed by atoms with Gasteiger partial charge in [0.25, 0.3) is 0 Å². The third-order valence-electron chi connectivity index (χ3n) is 1.71. The Bertz CT molecular complexity index is 253. The average molecular weight is 231 g/mol. The van der Waals surface area contributed by atoms with Crippen LogP contribution in [0.25, 0.3) is 0 Å². The molecule has 0 aromatic carbocycles. The standard InChI is InChI=1S/C10H17NO3S/c1-4-5-15-10(14)6-9(7(2)12)11-8(3)13/h9H,4-6H2,1-3H3,(H,11,13)/t9-/m0/s1. The molecule has 0 aromatic rings. The number of hydrogen-bond acceptors (Lipinski definition) is 4. The fraction of sp³-hybridized carbons (Fsp3) is 0.700. The molecule has 86 valence electrons. The van der Waals surface area contributed by atoms with Crippen molar-refractivity contribution >= 4 is 28.6 Å². The molecule has 0 aromatic heterocycles. The second-order valence-corrected chi connectivity index (χ2v) is 4.44. The zero-order valence-electron chi connectivity index (χ0n) is 9.33. The van der Waals surface area contributed by atoms with Crippen LogP contribution in [0.4, 0.5) is 0 Å². The molecular formula is C10H17NO3S. The van der Waals surface area contributed by atoms with Gasteiger partial charge < -0.3 is 5.32 Å². The van der Waals surface area contributed by atoms with Gasteiger partial charge in [-0.2, -0.15) is 0 Å². The quantitative estimate of drug-likeness (QED) is 0.744. The van der Waals surface area contributed by atoms with Crippen molar-refractivity contribution in [1.82, 2.24) is 5.32 Å². The molecule has 0 fully saturated rings. The topological polar surface area (TPSA) is 63.2 Å². The summed E-state index contributed by atoms with van der Waals surface area (Å²) in [6.45, 7) is 4.69. The summed E-state index contributed by atoms with van der Waals surface area (Å²) in [5.41, 5.74) is 0. The van der Waals surface area contributed by atoms with Crippen molar-refractivity contribution in [2.24, 2.45) is 0 Å². The highest BCUT2D eigenvalue weighted by Gasteiger charge is 2.18. The number of carbonyl (C=O) groups is 3. The summed E-state index contributed by atoms with van der Waals surface area (Å²) in [5, 5.41) is 2.41. The fourth-order valence-corrected chi connectivity index (χ4v) is 1.70. The summed E-state index contributed by atoms with van der Waals surface area (Å²) in [5.74, 6) is 0.280. The fourth-order valence-electron chi connectivity index (χ4n) is 0.983. The first-order valence-electron chi connectivity index (χ1n) is 4.90. The first-order chi connectivity index (χ1) is 6.97. The van der Waals surface area contributed by atoms with Gasteiger partial charge in [0.05, 0.1) is 6.04 Å². The smallest absolute Gasteiger partial charge is 0.217 e. The normalized spacial score (nSPS) is 11.9. The lowest BCUT2D eigenvalue weighted by atomic mass is 10.1. The van der Waals surface area contributed by atoms with E-state index in [0.29, 0.717) is 0 Å². The number of carbonyl (C=O) groups excluding carboxylic acids is 3. The van der Waals surface area contributed by atoms with E-state index in [1.165, 1.54) is 25.6 Å². The lowest BCUT2D eigenvalue weighted by Gasteiger charge is -2.13. The van der Waals surface area contributed by atoms with E-state index in [1.807, 2.05) is 6.92 Å². The molecule has 0 unspecified atom stereocenters. The van der Waals surface area contributed by atoms with E-state index in [0.717, 1.165) is 12.2 Å². The Morgan fingerprint density at radius 2 is 1.87 bits per heavy atom. The molecule has 0 rings (SSSR count). The van der Waals surface area contributed by atoms with Gasteiger partial charge in [-0.05, 0) is 13.3 Å². The number of ketones is 1. The molecule has 0 radical (unpaired) electrons. The van der Waals surface area contributed by atoms with Crippen molar-refractivity contribution in [3.05, 3.63) is 0 Å². The SMILES string of the molecule is CCCSC(=O)C[C@H](NC(C)=O)C(C)=O. The minimum absolute atomic E-state index is 0.0502. The molecule has 1 amide bonds. The van der Waals surface area contributed by atoms with Crippen molar-refractivity contribution < 1.29 is 14.4 Å². The Morgan fingerprint density at radius 1 is 1.27 bits per heavy atom. The van der Waals surface area contributed by atoms with E-state index in [2.05, 4.69) is 5.32 Å². The third-order valence-corrected chi connectivity index (χ3v) is 2.81. The van der Waals surface area contributed by atoms with Gasteiger partial charge in [-0.25, -0.2) is 0 Å². The molecule has 0 aliphatic rings. The number of hydrogen-bond donors (Lipinski definition) is 1. The first kappa shape index (κ1) is 14.2. The average Bonchev–Trinajstić information content (AvgIpc) is 2.12. The van der Waals surface area contributed by atoms with Gasteiger partial charge in [0.1, 0.15) is 0 Å². The van der Waals surface area contributed by atoms with Crippen molar-refractivity contribution in [1.29, 1.82) is 0 Å². The van der Waals surface area contributed by atoms with Crippen LogP contribution in [-0.2, 0) is 14.4 Å². The number of thioether (sulfide) groups is 1. The molecule has 0 heterocycles. The van der Waals surface area contributed by atoms with Crippen molar-refractivity contribution in [3.63, 3.8) is 0 Å². The molecule has 5 heteroatoms. The molecule has 0 spiro atoms. The summed E-state index contributed by atoms with van der Waals surface area (Å²) in [4.78, 5) is 33.2. The molecule has 0 saturated carbocycles. The monoisotopic (exact) mass is 231 g/mol. The third kappa shape index (κ3) is 7.13.